The van der Waals surface area contributed by atoms with Crippen LogP contribution in [-0.2, 0) is 13.0 Å². The lowest BCUT2D eigenvalue weighted by Gasteiger charge is -2.08. The number of pyridine rings is 1. The van der Waals surface area contributed by atoms with Gasteiger partial charge in [-0.05, 0) is 29.7 Å². The molecule has 2 aromatic rings. The van der Waals surface area contributed by atoms with Crippen LogP contribution in [0.4, 0.5) is 5.82 Å². The fraction of sp³-hybridized carbons (Fsp3) is 0.200. The van der Waals surface area contributed by atoms with Crippen LogP contribution >= 0.6 is 0 Å². The van der Waals surface area contributed by atoms with E-state index in [0.29, 0.717) is 17.9 Å². The van der Waals surface area contributed by atoms with E-state index >= 15 is 0 Å². The molecule has 2 rings (SSSR count). The van der Waals surface area contributed by atoms with E-state index < -0.39 is 0 Å². The van der Waals surface area contributed by atoms with E-state index in [1.54, 1.807) is 12.3 Å². The molecule has 3 N–H and O–H groups in total. The van der Waals surface area contributed by atoms with Crippen LogP contribution in [0, 0.1) is 0 Å². The number of aromatic nitrogens is 1. The molecule has 0 saturated heterocycles. The van der Waals surface area contributed by atoms with Crippen molar-refractivity contribution < 1.29 is 4.79 Å². The van der Waals surface area contributed by atoms with Gasteiger partial charge in [0.05, 0.1) is 0 Å². The summed E-state index contributed by atoms with van der Waals surface area (Å²) in [6.45, 7) is 2.47. The van der Waals surface area contributed by atoms with Crippen LogP contribution in [0.2, 0.25) is 0 Å². The number of anilines is 1. The van der Waals surface area contributed by atoms with E-state index in [0.717, 1.165) is 17.5 Å². The molecule has 1 aromatic carbocycles. The molecule has 0 saturated carbocycles. The van der Waals surface area contributed by atoms with Crippen molar-refractivity contribution in [1.29, 1.82) is 0 Å². The molecule has 0 atom stereocenters. The first-order chi connectivity index (χ1) is 9.24. The van der Waals surface area contributed by atoms with Gasteiger partial charge in [-0.3, -0.25) is 4.79 Å². The average Bonchev–Trinajstić information content (AvgIpc) is 2.48. The fourth-order valence-electron chi connectivity index (χ4n) is 1.85. The number of rotatable bonds is 4. The molecule has 0 bridgehead atoms. The Morgan fingerprint density at radius 2 is 2.05 bits per heavy atom. The number of nitrogens with one attached hydrogen (secondary N) is 1. The van der Waals surface area contributed by atoms with Crippen molar-refractivity contribution in [1.82, 2.24) is 4.98 Å². The Morgan fingerprint density at radius 3 is 2.68 bits per heavy atom. The highest BCUT2D eigenvalue weighted by molar-refractivity contribution is 6.04. The highest BCUT2D eigenvalue weighted by Crippen LogP contribution is 2.12. The van der Waals surface area contributed by atoms with Crippen LogP contribution in [0.3, 0.4) is 0 Å². The molecule has 4 heteroatoms. The van der Waals surface area contributed by atoms with E-state index in [1.165, 1.54) is 0 Å². The summed E-state index contributed by atoms with van der Waals surface area (Å²) in [6, 6.07) is 11.2. The Labute approximate surface area is 112 Å². The van der Waals surface area contributed by atoms with E-state index in [4.69, 9.17) is 5.73 Å². The average molecular weight is 255 g/mol. The summed E-state index contributed by atoms with van der Waals surface area (Å²) in [5.74, 6) is 0.401. The van der Waals surface area contributed by atoms with Crippen molar-refractivity contribution in [2.45, 2.75) is 19.9 Å². The summed E-state index contributed by atoms with van der Waals surface area (Å²) in [4.78, 5) is 16.3. The van der Waals surface area contributed by atoms with Gasteiger partial charge in [0.2, 0.25) is 0 Å². The largest absolute Gasteiger partial charge is 0.326 e. The number of carbonyl (C=O) groups is 1. The fourth-order valence-corrected chi connectivity index (χ4v) is 1.85. The molecule has 19 heavy (non-hydrogen) atoms. The Hall–Kier alpha value is -2.20. The first-order valence-corrected chi connectivity index (χ1v) is 6.29. The van der Waals surface area contributed by atoms with Crippen LogP contribution < -0.4 is 11.1 Å². The number of nitrogens with zero attached hydrogens (tertiary/aromatic N) is 1. The second-order valence-electron chi connectivity index (χ2n) is 4.22. The van der Waals surface area contributed by atoms with E-state index in [2.05, 4.69) is 10.3 Å². The minimum absolute atomic E-state index is 0.134. The van der Waals surface area contributed by atoms with E-state index in [-0.39, 0.29) is 5.91 Å². The minimum atomic E-state index is -0.134. The third-order valence-electron chi connectivity index (χ3n) is 2.94. The molecule has 0 aliphatic carbocycles. The van der Waals surface area contributed by atoms with Crippen molar-refractivity contribution in [3.63, 3.8) is 0 Å². The molecule has 1 aromatic heterocycles. The lowest BCUT2D eigenvalue weighted by atomic mass is 10.0. The molecule has 0 spiro atoms. The van der Waals surface area contributed by atoms with Crippen LogP contribution in [0.5, 0.6) is 0 Å². The first kappa shape index (κ1) is 13.2. The predicted octanol–water partition coefficient (Wildman–Crippen LogP) is 2.35. The smallest absolute Gasteiger partial charge is 0.257 e. The predicted molar refractivity (Wildman–Crippen MR) is 75.9 cm³/mol. The van der Waals surface area contributed by atoms with Gasteiger partial charge >= 0.3 is 0 Å². The number of carbonyl (C=O) groups excluding carboxylic acids is 1. The van der Waals surface area contributed by atoms with Crippen molar-refractivity contribution >= 4 is 11.7 Å². The highest BCUT2D eigenvalue weighted by Gasteiger charge is 2.10. The first-order valence-electron chi connectivity index (χ1n) is 6.29. The highest BCUT2D eigenvalue weighted by atomic mass is 16.1. The Kier molecular flexibility index (Phi) is 4.26. The molecule has 0 fully saturated rings. The van der Waals surface area contributed by atoms with Crippen molar-refractivity contribution in [3.05, 3.63) is 59.3 Å². The number of hydrogen-bond acceptors (Lipinski definition) is 3. The third kappa shape index (κ3) is 3.17. The van der Waals surface area contributed by atoms with Gasteiger partial charge in [0.25, 0.3) is 5.91 Å². The monoisotopic (exact) mass is 255 g/mol. The minimum Gasteiger partial charge on any atom is -0.326 e. The summed E-state index contributed by atoms with van der Waals surface area (Å²) >= 11 is 0. The van der Waals surface area contributed by atoms with Crippen molar-refractivity contribution in [2.24, 2.45) is 5.73 Å². The zero-order chi connectivity index (χ0) is 13.7. The maximum Gasteiger partial charge on any atom is 0.257 e. The molecule has 0 radical (unpaired) electrons. The van der Waals surface area contributed by atoms with Crippen molar-refractivity contribution in [2.75, 3.05) is 5.32 Å². The van der Waals surface area contributed by atoms with Gasteiger partial charge in [0.1, 0.15) is 5.82 Å². The summed E-state index contributed by atoms with van der Waals surface area (Å²) in [5.41, 5.74) is 8.16. The molecule has 98 valence electrons. The molecular formula is C15H17N3O. The normalized spacial score (nSPS) is 10.2. The second kappa shape index (κ2) is 6.11. The standard InChI is InChI=1S/C15H17N3O/c1-2-12-5-3-4-6-13(12)15(19)18-14-8-7-11(9-16)10-17-14/h3-8,10H,2,9,16H2,1H3,(H,17,18,19). The van der Waals surface area contributed by atoms with Crippen LogP contribution in [0.1, 0.15) is 28.4 Å². The van der Waals surface area contributed by atoms with Gasteiger partial charge in [-0.1, -0.05) is 31.2 Å². The maximum atomic E-state index is 12.2. The molecular weight excluding hydrogens is 238 g/mol. The number of benzene rings is 1. The van der Waals surface area contributed by atoms with Crippen LogP contribution in [0.25, 0.3) is 0 Å². The maximum absolute atomic E-state index is 12.2. The number of amides is 1. The molecule has 1 amide bonds. The van der Waals surface area contributed by atoms with Gasteiger partial charge in [0, 0.05) is 18.3 Å². The zero-order valence-electron chi connectivity index (χ0n) is 10.9. The number of hydrogen-bond donors (Lipinski definition) is 2. The number of nitrogens with two attached hydrogens (primary N) is 1. The SMILES string of the molecule is CCc1ccccc1C(=O)Nc1ccc(CN)cn1. The summed E-state index contributed by atoms with van der Waals surface area (Å²) in [6.07, 6.45) is 2.49. The lowest BCUT2D eigenvalue weighted by molar-refractivity contribution is 0.102. The van der Waals surface area contributed by atoms with Crippen LogP contribution in [-0.4, -0.2) is 10.9 Å². The Morgan fingerprint density at radius 1 is 1.26 bits per heavy atom. The van der Waals surface area contributed by atoms with E-state index in [1.807, 2.05) is 37.3 Å². The topological polar surface area (TPSA) is 68.0 Å². The van der Waals surface area contributed by atoms with Crippen molar-refractivity contribution in [3.8, 4) is 0 Å². The zero-order valence-corrected chi connectivity index (χ0v) is 10.9. The molecule has 1 heterocycles. The van der Waals surface area contributed by atoms with E-state index in [9.17, 15) is 4.79 Å². The Bertz CT molecular complexity index is 564. The van der Waals surface area contributed by atoms with Gasteiger partial charge < -0.3 is 11.1 Å². The summed E-state index contributed by atoms with van der Waals surface area (Å²) in [5, 5.41) is 2.79. The molecule has 4 nitrogen and oxygen atoms in total. The number of aryl methyl sites for hydroxylation is 1. The van der Waals surface area contributed by atoms with Gasteiger partial charge in [-0.15, -0.1) is 0 Å². The van der Waals surface area contributed by atoms with Crippen LogP contribution in [0.15, 0.2) is 42.6 Å². The summed E-state index contributed by atoms with van der Waals surface area (Å²) in [7, 11) is 0. The summed E-state index contributed by atoms with van der Waals surface area (Å²) < 4.78 is 0. The quantitative estimate of drug-likeness (QED) is 0.881. The van der Waals surface area contributed by atoms with Gasteiger partial charge in [-0.2, -0.15) is 0 Å². The van der Waals surface area contributed by atoms with Gasteiger partial charge in [0.15, 0.2) is 0 Å². The van der Waals surface area contributed by atoms with Gasteiger partial charge in [-0.25, -0.2) is 4.98 Å². The lowest BCUT2D eigenvalue weighted by Crippen LogP contribution is -2.15. The molecule has 0 aliphatic heterocycles. The molecule has 0 unspecified atom stereocenters. The Balaban J connectivity index is 2.16. The third-order valence-corrected chi connectivity index (χ3v) is 2.94. The second-order valence-corrected chi connectivity index (χ2v) is 4.22. The molecule has 0 aliphatic rings.